The molecule has 1 atom stereocenters. The van der Waals surface area contributed by atoms with Crippen molar-refractivity contribution in [3.8, 4) is 5.75 Å². The number of benzene rings is 2. The Balaban J connectivity index is 1.69. The average Bonchev–Trinajstić information content (AvgIpc) is 3.15. The molecule has 2 aromatic carbocycles. The van der Waals surface area contributed by atoms with Gasteiger partial charge in [-0.2, -0.15) is 0 Å². The molecule has 1 fully saturated rings. The molecular formula is C20H22FNO3. The lowest BCUT2D eigenvalue weighted by molar-refractivity contribution is 0.0656. The van der Waals surface area contributed by atoms with E-state index in [-0.39, 0.29) is 24.4 Å². The maximum atomic E-state index is 13.8. The first-order valence-electron chi connectivity index (χ1n) is 8.47. The third-order valence-corrected chi connectivity index (χ3v) is 4.28. The zero-order chi connectivity index (χ0) is 17.6. The van der Waals surface area contributed by atoms with Crippen molar-refractivity contribution in [3.05, 3.63) is 65.5 Å². The Morgan fingerprint density at radius 1 is 1.24 bits per heavy atom. The van der Waals surface area contributed by atoms with Gasteiger partial charge in [0.25, 0.3) is 5.91 Å². The Bertz CT molecular complexity index is 728. The number of halogens is 1. The van der Waals surface area contributed by atoms with Crippen LogP contribution in [0, 0.1) is 5.82 Å². The lowest BCUT2D eigenvalue weighted by atomic mass is 10.1. The van der Waals surface area contributed by atoms with Crippen LogP contribution in [-0.4, -0.2) is 37.2 Å². The van der Waals surface area contributed by atoms with E-state index in [1.807, 2.05) is 6.07 Å². The summed E-state index contributed by atoms with van der Waals surface area (Å²) in [5.41, 5.74) is 0.954. The molecule has 25 heavy (non-hydrogen) atoms. The highest BCUT2D eigenvalue weighted by Crippen LogP contribution is 2.22. The molecule has 4 nitrogen and oxygen atoms in total. The quantitative estimate of drug-likeness (QED) is 0.803. The molecule has 1 unspecified atom stereocenters. The van der Waals surface area contributed by atoms with Gasteiger partial charge in [0.05, 0.1) is 11.7 Å². The van der Waals surface area contributed by atoms with Crippen molar-refractivity contribution in [2.45, 2.75) is 25.5 Å². The molecule has 1 aliphatic heterocycles. The van der Waals surface area contributed by atoms with Crippen LogP contribution < -0.4 is 4.74 Å². The van der Waals surface area contributed by atoms with E-state index in [2.05, 4.69) is 0 Å². The van der Waals surface area contributed by atoms with Crippen LogP contribution >= 0.6 is 0 Å². The second kappa shape index (κ2) is 8.12. The molecule has 1 heterocycles. The van der Waals surface area contributed by atoms with Crippen LogP contribution in [0.3, 0.4) is 0 Å². The van der Waals surface area contributed by atoms with Crippen LogP contribution in [0.2, 0.25) is 0 Å². The number of ether oxygens (including phenoxy) is 2. The summed E-state index contributed by atoms with van der Waals surface area (Å²) in [6.07, 6.45) is 2.10. The Hall–Kier alpha value is -2.40. The Kier molecular flexibility index (Phi) is 5.66. The highest BCUT2D eigenvalue weighted by atomic mass is 19.1. The molecule has 0 saturated carbocycles. The van der Waals surface area contributed by atoms with E-state index in [9.17, 15) is 9.18 Å². The highest BCUT2D eigenvalue weighted by molar-refractivity contribution is 5.96. The van der Waals surface area contributed by atoms with Crippen molar-refractivity contribution in [3.63, 3.8) is 0 Å². The largest absolute Gasteiger partial charge is 0.490 e. The van der Waals surface area contributed by atoms with Crippen molar-refractivity contribution in [1.29, 1.82) is 0 Å². The number of nitrogens with zero attached hydrogens (tertiary/aromatic N) is 1. The van der Waals surface area contributed by atoms with Crippen molar-refractivity contribution >= 4 is 5.91 Å². The van der Waals surface area contributed by atoms with Crippen molar-refractivity contribution in [2.75, 3.05) is 20.3 Å². The van der Waals surface area contributed by atoms with Gasteiger partial charge in [-0.05, 0) is 31.0 Å². The molecule has 132 valence electrons. The maximum absolute atomic E-state index is 13.8. The van der Waals surface area contributed by atoms with Gasteiger partial charge in [0.15, 0.2) is 0 Å². The first-order valence-corrected chi connectivity index (χ1v) is 8.47. The summed E-state index contributed by atoms with van der Waals surface area (Å²) in [4.78, 5) is 14.3. The van der Waals surface area contributed by atoms with E-state index in [1.165, 1.54) is 11.0 Å². The van der Waals surface area contributed by atoms with E-state index < -0.39 is 0 Å². The predicted octanol–water partition coefficient (Wildman–Crippen LogP) is 3.66. The Morgan fingerprint density at radius 2 is 2.00 bits per heavy atom. The summed E-state index contributed by atoms with van der Waals surface area (Å²) >= 11 is 0. The van der Waals surface area contributed by atoms with Crippen LogP contribution in [0.15, 0.2) is 48.5 Å². The summed E-state index contributed by atoms with van der Waals surface area (Å²) in [6, 6.07) is 13.6. The zero-order valence-electron chi connectivity index (χ0n) is 14.3. The van der Waals surface area contributed by atoms with E-state index in [1.54, 1.807) is 43.4 Å². The summed E-state index contributed by atoms with van der Waals surface area (Å²) < 4.78 is 25.2. The van der Waals surface area contributed by atoms with Gasteiger partial charge in [0.2, 0.25) is 0 Å². The van der Waals surface area contributed by atoms with Gasteiger partial charge in [-0.3, -0.25) is 4.79 Å². The second-order valence-electron chi connectivity index (χ2n) is 6.19. The molecule has 5 heteroatoms. The maximum Gasteiger partial charge on any atom is 0.257 e. The lowest BCUT2D eigenvalue weighted by Gasteiger charge is -2.20. The monoisotopic (exact) mass is 343 g/mol. The van der Waals surface area contributed by atoms with E-state index in [4.69, 9.17) is 9.47 Å². The topological polar surface area (TPSA) is 38.8 Å². The van der Waals surface area contributed by atoms with Gasteiger partial charge < -0.3 is 14.4 Å². The fourth-order valence-corrected chi connectivity index (χ4v) is 2.89. The molecule has 3 rings (SSSR count). The summed E-state index contributed by atoms with van der Waals surface area (Å²) in [5, 5.41) is 0. The molecule has 0 aromatic heterocycles. The van der Waals surface area contributed by atoms with Crippen LogP contribution in [0.1, 0.15) is 28.8 Å². The molecule has 0 aliphatic carbocycles. The van der Waals surface area contributed by atoms with E-state index >= 15 is 0 Å². The number of amides is 1. The lowest BCUT2D eigenvalue weighted by Crippen LogP contribution is -2.27. The smallest absolute Gasteiger partial charge is 0.257 e. The van der Waals surface area contributed by atoms with Gasteiger partial charge in [-0.1, -0.05) is 30.3 Å². The van der Waals surface area contributed by atoms with Crippen molar-refractivity contribution in [2.24, 2.45) is 0 Å². The SMILES string of the molecule is CN(Cc1ccccc1F)C(=O)c1ccccc1OCC1CCCO1. The minimum absolute atomic E-state index is 0.0827. The predicted molar refractivity (Wildman–Crippen MR) is 93.1 cm³/mol. The first kappa shape index (κ1) is 17.4. The van der Waals surface area contributed by atoms with E-state index in [0.29, 0.717) is 23.5 Å². The Labute approximate surface area is 147 Å². The number of para-hydroxylation sites is 1. The minimum atomic E-state index is -0.315. The molecular weight excluding hydrogens is 321 g/mol. The molecule has 0 radical (unpaired) electrons. The number of carbonyl (C=O) groups excluding carboxylic acids is 1. The molecule has 2 aromatic rings. The van der Waals surface area contributed by atoms with Gasteiger partial charge in [-0.25, -0.2) is 4.39 Å². The molecule has 0 bridgehead atoms. The number of hydrogen-bond donors (Lipinski definition) is 0. The summed E-state index contributed by atoms with van der Waals surface area (Å²) in [5.74, 6) is 0.0136. The van der Waals surface area contributed by atoms with Crippen molar-refractivity contribution in [1.82, 2.24) is 4.90 Å². The van der Waals surface area contributed by atoms with Gasteiger partial charge in [0.1, 0.15) is 18.2 Å². The average molecular weight is 343 g/mol. The van der Waals surface area contributed by atoms with E-state index in [0.717, 1.165) is 19.4 Å². The molecule has 1 aliphatic rings. The third-order valence-electron chi connectivity index (χ3n) is 4.28. The second-order valence-corrected chi connectivity index (χ2v) is 6.19. The highest BCUT2D eigenvalue weighted by Gasteiger charge is 2.20. The van der Waals surface area contributed by atoms with Gasteiger partial charge in [-0.15, -0.1) is 0 Å². The standard InChI is InChI=1S/C20H22FNO3/c1-22(13-15-7-2-4-10-18(15)21)20(23)17-9-3-5-11-19(17)25-14-16-8-6-12-24-16/h2-5,7,9-11,16H,6,8,12-14H2,1H3. The number of rotatable bonds is 6. The molecule has 0 spiro atoms. The fraction of sp³-hybridized carbons (Fsp3) is 0.350. The molecule has 1 saturated heterocycles. The summed E-state index contributed by atoms with van der Waals surface area (Å²) in [6.45, 7) is 1.40. The molecule has 1 amide bonds. The van der Waals surface area contributed by atoms with Crippen molar-refractivity contribution < 1.29 is 18.7 Å². The number of carbonyl (C=O) groups is 1. The molecule has 0 N–H and O–H groups in total. The van der Waals surface area contributed by atoms with Crippen LogP contribution in [0.4, 0.5) is 4.39 Å². The van der Waals surface area contributed by atoms with Crippen LogP contribution in [0.25, 0.3) is 0 Å². The van der Waals surface area contributed by atoms with Crippen LogP contribution in [0.5, 0.6) is 5.75 Å². The fourth-order valence-electron chi connectivity index (χ4n) is 2.89. The zero-order valence-corrected chi connectivity index (χ0v) is 14.3. The first-order chi connectivity index (χ1) is 12.1. The normalized spacial score (nSPS) is 16.6. The van der Waals surface area contributed by atoms with Gasteiger partial charge >= 0.3 is 0 Å². The minimum Gasteiger partial charge on any atom is -0.490 e. The summed E-state index contributed by atoms with van der Waals surface area (Å²) in [7, 11) is 1.66. The van der Waals surface area contributed by atoms with Gasteiger partial charge in [0, 0.05) is 25.8 Å². The van der Waals surface area contributed by atoms with Crippen LogP contribution in [-0.2, 0) is 11.3 Å². The Morgan fingerprint density at radius 3 is 2.76 bits per heavy atom. The third kappa shape index (κ3) is 4.37. The number of hydrogen-bond acceptors (Lipinski definition) is 3.